The molecule has 1 rings (SSSR count). The fourth-order valence-corrected chi connectivity index (χ4v) is 1.22. The van der Waals surface area contributed by atoms with Gasteiger partial charge in [-0.2, -0.15) is 0 Å². The fourth-order valence-electron chi connectivity index (χ4n) is 1.22. The molecule has 0 aliphatic rings. The highest BCUT2D eigenvalue weighted by molar-refractivity contribution is 6.02. The summed E-state index contributed by atoms with van der Waals surface area (Å²) in [6.07, 6.45) is -1.41. The number of esters is 1. The third-order valence-corrected chi connectivity index (χ3v) is 2.20. The molecule has 0 saturated carbocycles. The molecule has 0 heterocycles. The van der Waals surface area contributed by atoms with Crippen LogP contribution in [0.15, 0.2) is 18.2 Å². The molecule has 98 valence electrons. The lowest BCUT2D eigenvalue weighted by Gasteiger charge is -2.15. The first-order valence-electron chi connectivity index (χ1n) is 5.21. The molecule has 0 saturated heterocycles. The van der Waals surface area contributed by atoms with Gasteiger partial charge in [-0.25, -0.2) is 13.6 Å². The van der Waals surface area contributed by atoms with Crippen LogP contribution in [0.1, 0.15) is 13.3 Å². The Bertz CT molecular complexity index is 443. The van der Waals surface area contributed by atoms with Crippen LogP contribution in [0.25, 0.3) is 0 Å². The standard InChI is InChI=1S/C12H12F2O4/c1-3-10(15)11(12(16)17-2)18-7-4-5-8(13)9(14)6-7/h4-6,11H,3H2,1-2H3/t11-/m1/s1. The van der Waals surface area contributed by atoms with E-state index in [9.17, 15) is 18.4 Å². The molecule has 0 amide bonds. The zero-order chi connectivity index (χ0) is 13.7. The van der Waals surface area contributed by atoms with E-state index in [1.165, 1.54) is 0 Å². The van der Waals surface area contributed by atoms with Crippen LogP contribution in [0, 0.1) is 11.6 Å². The van der Waals surface area contributed by atoms with Crippen molar-refractivity contribution in [3.8, 4) is 5.75 Å². The van der Waals surface area contributed by atoms with E-state index in [0.29, 0.717) is 0 Å². The van der Waals surface area contributed by atoms with E-state index in [1.807, 2.05) is 0 Å². The summed E-state index contributed by atoms with van der Waals surface area (Å²) < 4.78 is 35.1. The van der Waals surface area contributed by atoms with Crippen molar-refractivity contribution in [2.24, 2.45) is 0 Å². The maximum absolute atomic E-state index is 12.9. The van der Waals surface area contributed by atoms with Crippen molar-refractivity contribution in [3.63, 3.8) is 0 Å². The second-order valence-electron chi connectivity index (χ2n) is 3.42. The average Bonchev–Trinajstić information content (AvgIpc) is 2.38. The lowest BCUT2D eigenvalue weighted by atomic mass is 10.2. The van der Waals surface area contributed by atoms with Gasteiger partial charge in [0.05, 0.1) is 7.11 Å². The van der Waals surface area contributed by atoms with Crippen molar-refractivity contribution in [1.29, 1.82) is 0 Å². The summed E-state index contributed by atoms with van der Waals surface area (Å²) in [5, 5.41) is 0. The summed E-state index contributed by atoms with van der Waals surface area (Å²) in [4.78, 5) is 22.8. The van der Waals surface area contributed by atoms with Crippen molar-refractivity contribution in [2.75, 3.05) is 7.11 Å². The molecule has 1 aromatic rings. The van der Waals surface area contributed by atoms with Gasteiger partial charge in [0.15, 0.2) is 17.4 Å². The van der Waals surface area contributed by atoms with Gasteiger partial charge in [0.1, 0.15) is 5.75 Å². The number of benzene rings is 1. The van der Waals surface area contributed by atoms with Crippen LogP contribution in [0.2, 0.25) is 0 Å². The molecular formula is C12H12F2O4. The molecule has 1 aromatic carbocycles. The molecule has 1 atom stereocenters. The largest absolute Gasteiger partial charge is 0.471 e. The van der Waals surface area contributed by atoms with Crippen molar-refractivity contribution in [3.05, 3.63) is 29.8 Å². The van der Waals surface area contributed by atoms with Gasteiger partial charge >= 0.3 is 5.97 Å². The van der Waals surface area contributed by atoms with Crippen molar-refractivity contribution in [2.45, 2.75) is 19.4 Å². The smallest absolute Gasteiger partial charge is 0.354 e. The van der Waals surface area contributed by atoms with Gasteiger partial charge in [-0.3, -0.25) is 4.79 Å². The van der Waals surface area contributed by atoms with Gasteiger partial charge in [0.2, 0.25) is 0 Å². The highest BCUT2D eigenvalue weighted by Gasteiger charge is 2.28. The highest BCUT2D eigenvalue weighted by Crippen LogP contribution is 2.17. The minimum atomic E-state index is -1.47. The molecule has 4 nitrogen and oxygen atoms in total. The Kier molecular flexibility index (Phi) is 4.76. The van der Waals surface area contributed by atoms with Crippen LogP contribution in [0.5, 0.6) is 5.75 Å². The molecule has 0 unspecified atom stereocenters. The summed E-state index contributed by atoms with van der Waals surface area (Å²) in [6, 6.07) is 2.72. The van der Waals surface area contributed by atoms with Crippen LogP contribution in [-0.2, 0) is 14.3 Å². The first-order valence-corrected chi connectivity index (χ1v) is 5.21. The molecule has 18 heavy (non-hydrogen) atoms. The second kappa shape index (κ2) is 6.09. The zero-order valence-corrected chi connectivity index (χ0v) is 9.91. The van der Waals surface area contributed by atoms with Crippen LogP contribution >= 0.6 is 0 Å². The Labute approximate surface area is 103 Å². The summed E-state index contributed by atoms with van der Waals surface area (Å²) in [5.74, 6) is -3.68. The molecular weight excluding hydrogens is 246 g/mol. The molecule has 0 spiro atoms. The summed E-state index contributed by atoms with van der Waals surface area (Å²) in [7, 11) is 1.10. The van der Waals surface area contributed by atoms with Crippen molar-refractivity contribution >= 4 is 11.8 Å². The number of carbonyl (C=O) groups excluding carboxylic acids is 2. The fraction of sp³-hybridized carbons (Fsp3) is 0.333. The van der Waals surface area contributed by atoms with Gasteiger partial charge in [-0.1, -0.05) is 6.92 Å². The number of halogens is 2. The number of Topliss-reactive ketones (excluding diaryl/α,β-unsaturated/α-hetero) is 1. The van der Waals surface area contributed by atoms with Crippen molar-refractivity contribution < 1.29 is 27.8 Å². The zero-order valence-electron chi connectivity index (χ0n) is 9.91. The first kappa shape index (κ1) is 14.1. The quantitative estimate of drug-likeness (QED) is 0.597. The molecule has 0 bridgehead atoms. The van der Waals surface area contributed by atoms with Crippen LogP contribution in [0.4, 0.5) is 8.78 Å². The number of ether oxygens (including phenoxy) is 2. The van der Waals surface area contributed by atoms with Gasteiger partial charge in [-0.15, -0.1) is 0 Å². The highest BCUT2D eigenvalue weighted by atomic mass is 19.2. The molecule has 0 aliphatic heterocycles. The molecule has 6 heteroatoms. The number of hydrogen-bond donors (Lipinski definition) is 0. The Balaban J connectivity index is 2.92. The maximum Gasteiger partial charge on any atom is 0.354 e. The van der Waals surface area contributed by atoms with Crippen LogP contribution in [0.3, 0.4) is 0 Å². The molecule has 0 radical (unpaired) electrons. The third-order valence-electron chi connectivity index (χ3n) is 2.20. The molecule has 0 aliphatic carbocycles. The first-order chi connectivity index (χ1) is 8.49. The molecule has 0 aromatic heterocycles. The normalized spacial score (nSPS) is 11.8. The Morgan fingerprint density at radius 2 is 1.94 bits per heavy atom. The van der Waals surface area contributed by atoms with Gasteiger partial charge in [-0.05, 0) is 12.1 Å². The average molecular weight is 258 g/mol. The number of rotatable bonds is 5. The Morgan fingerprint density at radius 1 is 1.28 bits per heavy atom. The summed E-state index contributed by atoms with van der Waals surface area (Å²) in [6.45, 7) is 1.55. The van der Waals surface area contributed by atoms with E-state index in [2.05, 4.69) is 4.74 Å². The number of methoxy groups -OCH3 is 1. The monoisotopic (exact) mass is 258 g/mol. The number of hydrogen-bond acceptors (Lipinski definition) is 4. The predicted molar refractivity (Wildman–Crippen MR) is 58.1 cm³/mol. The summed E-state index contributed by atoms with van der Waals surface area (Å²) in [5.41, 5.74) is 0. The van der Waals surface area contributed by atoms with Gasteiger partial charge in [0.25, 0.3) is 6.10 Å². The van der Waals surface area contributed by atoms with Crippen LogP contribution < -0.4 is 4.74 Å². The number of ketones is 1. The van der Waals surface area contributed by atoms with E-state index in [0.717, 1.165) is 25.3 Å². The van der Waals surface area contributed by atoms with Gasteiger partial charge < -0.3 is 9.47 Å². The van der Waals surface area contributed by atoms with E-state index in [1.54, 1.807) is 6.92 Å². The van der Waals surface area contributed by atoms with Crippen LogP contribution in [-0.4, -0.2) is 25.0 Å². The minimum Gasteiger partial charge on any atom is -0.471 e. The second-order valence-corrected chi connectivity index (χ2v) is 3.42. The topological polar surface area (TPSA) is 52.6 Å². The third kappa shape index (κ3) is 3.26. The summed E-state index contributed by atoms with van der Waals surface area (Å²) >= 11 is 0. The van der Waals surface area contributed by atoms with E-state index >= 15 is 0 Å². The molecule has 0 fully saturated rings. The lowest BCUT2D eigenvalue weighted by molar-refractivity contribution is -0.153. The number of carbonyl (C=O) groups is 2. The van der Waals surface area contributed by atoms with Gasteiger partial charge in [0, 0.05) is 12.5 Å². The van der Waals surface area contributed by atoms with E-state index in [4.69, 9.17) is 4.74 Å². The Hall–Kier alpha value is -1.98. The molecule has 0 N–H and O–H groups in total. The lowest BCUT2D eigenvalue weighted by Crippen LogP contribution is -2.36. The maximum atomic E-state index is 12.9. The SMILES string of the molecule is CCC(=O)[C@@H](Oc1ccc(F)c(F)c1)C(=O)OC. The van der Waals surface area contributed by atoms with E-state index < -0.39 is 29.5 Å². The predicted octanol–water partition coefficient (Wildman–Crippen LogP) is 1.86. The Morgan fingerprint density at radius 3 is 2.44 bits per heavy atom. The minimum absolute atomic E-state index is 0.0590. The van der Waals surface area contributed by atoms with Crippen molar-refractivity contribution in [1.82, 2.24) is 0 Å². The van der Waals surface area contributed by atoms with E-state index in [-0.39, 0.29) is 12.2 Å².